The fraction of sp³-hybridized carbons (Fsp3) is 0.158. The smallest absolute Gasteiger partial charge is 0.117 e. The first-order valence-electron chi connectivity index (χ1n) is 6.82. The van der Waals surface area contributed by atoms with Gasteiger partial charge in [-0.25, -0.2) is 0 Å². The Morgan fingerprint density at radius 3 is 2.59 bits per heavy atom. The summed E-state index contributed by atoms with van der Waals surface area (Å²) in [5, 5.41) is 0. The number of hydrogen-bond donors (Lipinski definition) is 0. The molecule has 22 heavy (non-hydrogen) atoms. The summed E-state index contributed by atoms with van der Waals surface area (Å²) >= 11 is 0. The molecule has 0 aromatic heterocycles. The van der Waals surface area contributed by atoms with Gasteiger partial charge in [0.05, 0.1) is 0 Å². The summed E-state index contributed by atoms with van der Waals surface area (Å²) in [6.45, 7) is 11.1. The maximum atomic E-state index is 5.49. The summed E-state index contributed by atoms with van der Waals surface area (Å²) in [5.74, 6) is 3.45. The number of terminal acetylenes is 1. The van der Waals surface area contributed by atoms with Gasteiger partial charge < -0.3 is 9.64 Å². The Hall–Kier alpha value is -1.56. The molecule has 0 bridgehead atoms. The molecule has 0 amide bonds. The topological polar surface area (TPSA) is 12.5 Å². The number of nitrogens with zero attached hydrogens (tertiary/aromatic N) is 1. The number of hydrogen-bond acceptors (Lipinski definition) is 2. The number of likely N-dealkylation sites (N-methyl/N-ethyl adjacent to an activating group) is 1. The zero-order valence-corrected chi connectivity index (χ0v) is 15.6. The first kappa shape index (κ1) is 18.5. The van der Waals surface area contributed by atoms with Crippen molar-refractivity contribution in [2.75, 3.05) is 13.2 Å². The molecular weight excluding hydrogens is 347 g/mol. The second-order valence-electron chi connectivity index (χ2n) is 4.51. The maximum Gasteiger partial charge on any atom is 0.117 e. The van der Waals surface area contributed by atoms with Crippen LogP contribution >= 0.6 is 0 Å². The maximum absolute atomic E-state index is 5.49. The quantitative estimate of drug-likeness (QED) is 0.447. The van der Waals surface area contributed by atoms with Crippen LogP contribution in [0, 0.1) is 18.4 Å². The van der Waals surface area contributed by atoms with Crippen LogP contribution in [0.4, 0.5) is 0 Å². The van der Waals surface area contributed by atoms with Gasteiger partial charge in [0.15, 0.2) is 0 Å². The molecule has 0 aliphatic carbocycles. The van der Waals surface area contributed by atoms with E-state index in [0.717, 1.165) is 34.8 Å². The van der Waals surface area contributed by atoms with Crippen molar-refractivity contribution in [3.05, 3.63) is 72.5 Å². The molecule has 0 spiro atoms. The van der Waals surface area contributed by atoms with Gasteiger partial charge in [-0.15, -0.1) is 24.5 Å². The van der Waals surface area contributed by atoms with E-state index in [4.69, 9.17) is 11.2 Å². The van der Waals surface area contributed by atoms with Gasteiger partial charge >= 0.3 is 0 Å². The number of benzene rings is 1. The number of ether oxygens (including phenoxy) is 1. The molecular formula is C19H18NOY-. The molecule has 1 aliphatic heterocycles. The number of allylic oxidation sites excluding steroid dienone is 3. The molecule has 0 N–H and O–H groups in total. The van der Waals surface area contributed by atoms with Crippen molar-refractivity contribution >= 4 is 5.70 Å². The Labute approximate surface area is 158 Å². The monoisotopic (exact) mass is 365 g/mol. The number of rotatable bonds is 5. The SMILES string of the molecule is C#CC1=C[C-]=C(c2ccc(OCC=C)cc2)N(CC)C1=C.[Y]. The molecule has 2 rings (SSSR count). The van der Waals surface area contributed by atoms with Crippen LogP contribution in [0.3, 0.4) is 0 Å². The molecule has 0 unspecified atom stereocenters. The van der Waals surface area contributed by atoms with Crippen molar-refractivity contribution < 1.29 is 37.4 Å². The second-order valence-corrected chi connectivity index (χ2v) is 4.51. The summed E-state index contributed by atoms with van der Waals surface area (Å²) in [7, 11) is 0. The van der Waals surface area contributed by atoms with Crippen LogP contribution in [-0.2, 0) is 32.7 Å². The summed E-state index contributed by atoms with van der Waals surface area (Å²) in [4.78, 5) is 2.06. The summed E-state index contributed by atoms with van der Waals surface area (Å²) in [6, 6.07) is 7.88. The van der Waals surface area contributed by atoms with Crippen molar-refractivity contribution in [1.82, 2.24) is 4.90 Å². The van der Waals surface area contributed by atoms with E-state index in [1.54, 1.807) is 6.08 Å². The standard InChI is InChI=1S/C19H18NO.Y/c1-5-14-21-18-11-8-17(9-12-18)19-13-10-16(6-2)15(4)20(19)7-3;/h2,5,8-12H,1,4,7,14H2,3H3;/q-1;. The van der Waals surface area contributed by atoms with Crippen LogP contribution in [0.1, 0.15) is 12.5 Å². The third-order valence-corrected chi connectivity index (χ3v) is 3.23. The van der Waals surface area contributed by atoms with Crippen LogP contribution in [0.2, 0.25) is 0 Å². The van der Waals surface area contributed by atoms with E-state index < -0.39 is 0 Å². The normalized spacial score (nSPS) is 13.5. The van der Waals surface area contributed by atoms with E-state index in [-0.39, 0.29) is 32.7 Å². The minimum absolute atomic E-state index is 0. The van der Waals surface area contributed by atoms with Crippen molar-refractivity contribution in [1.29, 1.82) is 0 Å². The Morgan fingerprint density at radius 2 is 2.05 bits per heavy atom. The minimum Gasteiger partial charge on any atom is -0.490 e. The summed E-state index contributed by atoms with van der Waals surface area (Å²) in [6.07, 6.45) is 12.3. The average molecular weight is 365 g/mol. The van der Waals surface area contributed by atoms with Crippen molar-refractivity contribution in [2.45, 2.75) is 6.92 Å². The predicted molar refractivity (Wildman–Crippen MR) is 87.2 cm³/mol. The molecule has 109 valence electrons. The zero-order valence-electron chi connectivity index (χ0n) is 12.8. The molecule has 1 aliphatic rings. The van der Waals surface area contributed by atoms with E-state index in [1.807, 2.05) is 30.3 Å². The fourth-order valence-electron chi connectivity index (χ4n) is 2.16. The Balaban J connectivity index is 0.00000242. The van der Waals surface area contributed by atoms with Gasteiger partial charge in [-0.05, 0) is 24.8 Å². The molecule has 0 saturated carbocycles. The first-order valence-corrected chi connectivity index (χ1v) is 6.82. The van der Waals surface area contributed by atoms with Gasteiger partial charge in [-0.3, -0.25) is 0 Å². The van der Waals surface area contributed by atoms with Gasteiger partial charge in [0.25, 0.3) is 0 Å². The molecule has 3 heteroatoms. The molecule has 0 saturated heterocycles. The van der Waals surface area contributed by atoms with E-state index in [9.17, 15) is 0 Å². The van der Waals surface area contributed by atoms with Gasteiger partial charge in [0.1, 0.15) is 12.4 Å². The van der Waals surface area contributed by atoms with Gasteiger partial charge in [-0.1, -0.05) is 36.1 Å². The first-order chi connectivity index (χ1) is 10.2. The van der Waals surface area contributed by atoms with Gasteiger partial charge in [-0.2, -0.15) is 12.2 Å². The van der Waals surface area contributed by atoms with Gasteiger partial charge in [0, 0.05) is 39.3 Å². The van der Waals surface area contributed by atoms with E-state index in [1.165, 1.54) is 0 Å². The second kappa shape index (κ2) is 8.78. The summed E-state index contributed by atoms with van der Waals surface area (Å²) in [5.41, 5.74) is 3.63. The van der Waals surface area contributed by atoms with Crippen LogP contribution < -0.4 is 4.74 Å². The molecule has 1 aromatic rings. The fourth-order valence-corrected chi connectivity index (χ4v) is 2.16. The van der Waals surface area contributed by atoms with Crippen molar-refractivity contribution in [2.24, 2.45) is 0 Å². The van der Waals surface area contributed by atoms with E-state index >= 15 is 0 Å². The molecule has 0 atom stereocenters. The molecule has 1 aromatic carbocycles. The van der Waals surface area contributed by atoms with Crippen LogP contribution in [0.5, 0.6) is 5.75 Å². The Morgan fingerprint density at radius 1 is 1.36 bits per heavy atom. The Bertz CT molecular complexity index is 647. The van der Waals surface area contributed by atoms with E-state index in [0.29, 0.717) is 6.61 Å². The van der Waals surface area contributed by atoms with E-state index in [2.05, 4.69) is 37.0 Å². The predicted octanol–water partition coefficient (Wildman–Crippen LogP) is 3.80. The molecule has 1 radical (unpaired) electrons. The minimum atomic E-state index is 0. The Kier molecular flexibility index (Phi) is 7.38. The van der Waals surface area contributed by atoms with Gasteiger partial charge in [0.2, 0.25) is 0 Å². The van der Waals surface area contributed by atoms with Crippen molar-refractivity contribution in [3.8, 4) is 18.1 Å². The third-order valence-electron chi connectivity index (χ3n) is 3.23. The average Bonchev–Trinajstić information content (AvgIpc) is 2.53. The molecule has 2 nitrogen and oxygen atoms in total. The zero-order chi connectivity index (χ0) is 15.2. The molecule has 0 fully saturated rings. The van der Waals surface area contributed by atoms with Crippen LogP contribution in [-0.4, -0.2) is 18.1 Å². The van der Waals surface area contributed by atoms with Crippen molar-refractivity contribution in [3.63, 3.8) is 0 Å². The third kappa shape index (κ3) is 4.00. The summed E-state index contributed by atoms with van der Waals surface area (Å²) < 4.78 is 5.49. The van der Waals surface area contributed by atoms with Crippen LogP contribution in [0.25, 0.3) is 5.70 Å². The van der Waals surface area contributed by atoms with Crippen LogP contribution in [0.15, 0.2) is 60.8 Å². The molecule has 1 heterocycles. The largest absolute Gasteiger partial charge is 0.490 e.